The molecule has 2 aromatic rings. The number of ether oxygens (including phenoxy) is 1. The summed E-state index contributed by atoms with van der Waals surface area (Å²) in [6, 6.07) is 15.4. The first-order valence-corrected chi connectivity index (χ1v) is 10.6. The minimum absolute atomic E-state index is 0.0922. The zero-order chi connectivity index (χ0) is 21.6. The van der Waals surface area contributed by atoms with Gasteiger partial charge in [-0.3, -0.25) is 14.8 Å². The Morgan fingerprint density at radius 1 is 1.03 bits per heavy atom. The highest BCUT2D eigenvalue weighted by atomic mass is 16.5. The topological polar surface area (TPSA) is 87.7 Å². The van der Waals surface area contributed by atoms with E-state index in [4.69, 9.17) is 9.94 Å². The number of hydroxylamine groups is 1. The molecule has 0 unspecified atom stereocenters. The van der Waals surface area contributed by atoms with Gasteiger partial charge in [0.15, 0.2) is 0 Å². The van der Waals surface area contributed by atoms with Crippen LogP contribution in [0.25, 0.3) is 17.7 Å². The van der Waals surface area contributed by atoms with E-state index >= 15 is 0 Å². The highest BCUT2D eigenvalue weighted by Gasteiger charge is 2.25. The second-order valence-corrected chi connectivity index (χ2v) is 8.06. The lowest BCUT2D eigenvalue weighted by Gasteiger charge is -2.12. The summed E-state index contributed by atoms with van der Waals surface area (Å²) < 4.78 is 5.90. The van der Waals surface area contributed by atoms with E-state index in [1.807, 2.05) is 54.6 Å². The van der Waals surface area contributed by atoms with Crippen LogP contribution in [0.5, 0.6) is 5.75 Å². The Morgan fingerprint density at radius 3 is 2.45 bits per heavy atom. The molecule has 0 atom stereocenters. The van der Waals surface area contributed by atoms with Gasteiger partial charge < -0.3 is 10.1 Å². The maximum atomic E-state index is 13.0. The number of benzene rings is 2. The van der Waals surface area contributed by atoms with Crippen LogP contribution >= 0.6 is 0 Å². The van der Waals surface area contributed by atoms with E-state index in [-0.39, 0.29) is 11.9 Å². The summed E-state index contributed by atoms with van der Waals surface area (Å²) in [5.41, 5.74) is 4.64. The molecule has 31 heavy (non-hydrogen) atoms. The van der Waals surface area contributed by atoms with Crippen LogP contribution in [0.15, 0.2) is 54.6 Å². The Labute approximate surface area is 181 Å². The number of hydrogen-bond donors (Lipinski definition) is 3. The lowest BCUT2D eigenvalue weighted by Crippen LogP contribution is -2.26. The summed E-state index contributed by atoms with van der Waals surface area (Å²) in [5.74, 6) is 0.752. The van der Waals surface area contributed by atoms with Crippen molar-refractivity contribution < 1.29 is 19.5 Å². The van der Waals surface area contributed by atoms with Gasteiger partial charge >= 0.3 is 0 Å². The zero-order valence-electron chi connectivity index (χ0n) is 17.2. The highest BCUT2D eigenvalue weighted by Crippen LogP contribution is 2.30. The lowest BCUT2D eigenvalue weighted by molar-refractivity contribution is -0.124. The fraction of sp³-hybridized carbons (Fsp3) is 0.280. The van der Waals surface area contributed by atoms with Crippen LogP contribution in [0.2, 0.25) is 0 Å². The fourth-order valence-electron chi connectivity index (χ4n) is 3.10. The summed E-state index contributed by atoms with van der Waals surface area (Å²) >= 11 is 0. The normalized spacial score (nSPS) is 16.2. The first kappa shape index (κ1) is 20.9. The van der Waals surface area contributed by atoms with E-state index in [1.165, 1.54) is 18.9 Å². The minimum Gasteiger partial charge on any atom is -0.493 e. The molecule has 0 spiro atoms. The summed E-state index contributed by atoms with van der Waals surface area (Å²) in [7, 11) is 0. The average Bonchev–Trinajstić information content (AvgIpc) is 3.71. The van der Waals surface area contributed by atoms with Crippen LogP contribution in [0.4, 0.5) is 0 Å². The van der Waals surface area contributed by atoms with Gasteiger partial charge in [0.2, 0.25) is 0 Å². The first-order valence-electron chi connectivity index (χ1n) is 10.6. The third-order valence-electron chi connectivity index (χ3n) is 5.27. The quantitative estimate of drug-likeness (QED) is 0.250. The first-order chi connectivity index (χ1) is 15.1. The SMILES string of the molecule is O=C(C=Cc1ccc(C=C(C(=O)NC2CC2)c2cccc(OCC3CC3)c2)cc1)NO. The molecule has 2 aromatic carbocycles. The van der Waals surface area contributed by atoms with Gasteiger partial charge in [-0.15, -0.1) is 0 Å². The summed E-state index contributed by atoms with van der Waals surface area (Å²) in [6.07, 6.45) is 9.20. The van der Waals surface area contributed by atoms with Crippen molar-refractivity contribution in [3.8, 4) is 5.75 Å². The molecule has 3 N–H and O–H groups in total. The van der Waals surface area contributed by atoms with Gasteiger partial charge in [-0.25, -0.2) is 5.48 Å². The van der Waals surface area contributed by atoms with Gasteiger partial charge in [-0.1, -0.05) is 36.4 Å². The molecule has 2 saturated carbocycles. The van der Waals surface area contributed by atoms with E-state index in [0.29, 0.717) is 11.5 Å². The number of rotatable bonds is 9. The van der Waals surface area contributed by atoms with E-state index in [1.54, 1.807) is 11.6 Å². The van der Waals surface area contributed by atoms with Gasteiger partial charge in [-0.05, 0) is 72.6 Å². The summed E-state index contributed by atoms with van der Waals surface area (Å²) in [5, 5.41) is 11.6. The molecular formula is C25H26N2O4. The van der Waals surface area contributed by atoms with Gasteiger partial charge in [0.1, 0.15) is 5.75 Å². The number of nitrogens with one attached hydrogen (secondary N) is 2. The van der Waals surface area contributed by atoms with Crippen molar-refractivity contribution in [1.82, 2.24) is 10.8 Å². The number of carbonyl (C=O) groups excluding carboxylic acids is 2. The van der Waals surface area contributed by atoms with Crippen molar-refractivity contribution in [1.29, 1.82) is 0 Å². The molecule has 6 heteroatoms. The van der Waals surface area contributed by atoms with Crippen molar-refractivity contribution in [2.75, 3.05) is 6.61 Å². The highest BCUT2D eigenvalue weighted by molar-refractivity contribution is 6.24. The monoisotopic (exact) mass is 418 g/mol. The smallest absolute Gasteiger partial charge is 0.267 e. The third-order valence-corrected chi connectivity index (χ3v) is 5.27. The Morgan fingerprint density at radius 2 is 1.77 bits per heavy atom. The molecule has 0 radical (unpaired) electrons. The maximum Gasteiger partial charge on any atom is 0.267 e. The molecule has 4 rings (SSSR count). The Hall–Kier alpha value is -3.38. The van der Waals surface area contributed by atoms with Crippen LogP contribution < -0.4 is 15.5 Å². The Kier molecular flexibility index (Phi) is 6.48. The fourth-order valence-corrected chi connectivity index (χ4v) is 3.10. The molecule has 0 heterocycles. The third kappa shape index (κ3) is 6.30. The molecule has 0 saturated heterocycles. The molecule has 0 aliphatic heterocycles. The molecule has 2 fully saturated rings. The predicted octanol–water partition coefficient (Wildman–Crippen LogP) is 3.81. The average molecular weight is 418 g/mol. The largest absolute Gasteiger partial charge is 0.493 e. The lowest BCUT2D eigenvalue weighted by atomic mass is 10.0. The van der Waals surface area contributed by atoms with E-state index in [9.17, 15) is 9.59 Å². The van der Waals surface area contributed by atoms with E-state index < -0.39 is 5.91 Å². The van der Waals surface area contributed by atoms with Gasteiger partial charge in [0.25, 0.3) is 11.8 Å². The number of amides is 2. The van der Waals surface area contributed by atoms with Gasteiger partial charge in [0.05, 0.1) is 6.61 Å². The van der Waals surface area contributed by atoms with Crippen molar-refractivity contribution >= 4 is 29.5 Å². The maximum absolute atomic E-state index is 13.0. The summed E-state index contributed by atoms with van der Waals surface area (Å²) in [6.45, 7) is 0.722. The predicted molar refractivity (Wildman–Crippen MR) is 119 cm³/mol. The number of hydrogen-bond acceptors (Lipinski definition) is 4. The molecule has 0 bridgehead atoms. The molecular weight excluding hydrogens is 392 g/mol. The Balaban J connectivity index is 1.56. The van der Waals surface area contributed by atoms with Crippen molar-refractivity contribution in [2.45, 2.75) is 31.7 Å². The molecule has 160 valence electrons. The molecule has 2 aliphatic carbocycles. The van der Waals surface area contributed by atoms with Crippen LogP contribution in [0, 0.1) is 5.92 Å². The van der Waals surface area contributed by atoms with Crippen molar-refractivity contribution in [2.24, 2.45) is 5.92 Å². The van der Waals surface area contributed by atoms with Crippen LogP contribution in [-0.2, 0) is 9.59 Å². The van der Waals surface area contributed by atoms with Crippen molar-refractivity contribution in [3.63, 3.8) is 0 Å². The van der Waals surface area contributed by atoms with Crippen LogP contribution in [0.3, 0.4) is 0 Å². The standard InChI is InChI=1S/C25H26N2O4/c28-24(27-30)13-10-17-4-6-18(7-5-17)14-23(25(29)26-21-11-12-21)20-2-1-3-22(15-20)31-16-19-8-9-19/h1-7,10,13-15,19,21,30H,8-9,11-12,16H2,(H,26,29)(H,27,28). The zero-order valence-corrected chi connectivity index (χ0v) is 17.2. The molecule has 2 aliphatic rings. The van der Waals surface area contributed by atoms with E-state index in [2.05, 4.69) is 5.32 Å². The van der Waals surface area contributed by atoms with E-state index in [0.717, 1.165) is 41.9 Å². The van der Waals surface area contributed by atoms with Crippen LogP contribution in [0.1, 0.15) is 42.4 Å². The molecule has 6 nitrogen and oxygen atoms in total. The van der Waals surface area contributed by atoms with Crippen molar-refractivity contribution in [3.05, 3.63) is 71.3 Å². The number of carbonyl (C=O) groups is 2. The second-order valence-electron chi connectivity index (χ2n) is 8.06. The Bertz CT molecular complexity index is 1000. The molecule has 0 aromatic heterocycles. The van der Waals surface area contributed by atoms with Crippen LogP contribution in [-0.4, -0.2) is 29.7 Å². The van der Waals surface area contributed by atoms with Gasteiger partial charge in [0, 0.05) is 17.7 Å². The molecule has 2 amide bonds. The minimum atomic E-state index is -0.591. The van der Waals surface area contributed by atoms with Gasteiger partial charge in [-0.2, -0.15) is 0 Å². The second kappa shape index (κ2) is 9.62. The summed E-state index contributed by atoms with van der Waals surface area (Å²) in [4.78, 5) is 24.1.